The summed E-state index contributed by atoms with van der Waals surface area (Å²) in [6, 6.07) is 20.4. The maximum Gasteiger partial charge on any atom is 0.225 e. The van der Waals surface area contributed by atoms with Crippen LogP contribution in [0.2, 0.25) is 0 Å². The third-order valence-corrected chi connectivity index (χ3v) is 3.87. The first-order valence-electron chi connectivity index (χ1n) is 7.58. The van der Waals surface area contributed by atoms with Crippen molar-refractivity contribution in [2.75, 3.05) is 0 Å². The van der Waals surface area contributed by atoms with Crippen molar-refractivity contribution in [3.8, 4) is 6.07 Å². The minimum atomic E-state index is -0.798. The summed E-state index contributed by atoms with van der Waals surface area (Å²) in [5.74, 6) is -0.625. The molecule has 4 heteroatoms. The molecule has 0 saturated heterocycles. The van der Waals surface area contributed by atoms with Gasteiger partial charge in [-0.25, -0.2) is 4.39 Å². The molecule has 0 radical (unpaired) electrons. The molecule has 0 unspecified atom stereocenters. The molecule has 1 atom stereocenters. The zero-order chi connectivity index (χ0) is 16.9. The van der Waals surface area contributed by atoms with Crippen molar-refractivity contribution >= 4 is 16.7 Å². The number of nitriles is 1. The Hall–Kier alpha value is -3.19. The first-order valence-corrected chi connectivity index (χ1v) is 7.58. The van der Waals surface area contributed by atoms with Gasteiger partial charge in [-0.15, -0.1) is 0 Å². The van der Waals surface area contributed by atoms with Gasteiger partial charge in [0.1, 0.15) is 11.9 Å². The number of carbonyl (C=O) groups excluding carboxylic acids is 1. The second-order valence-electron chi connectivity index (χ2n) is 5.50. The van der Waals surface area contributed by atoms with E-state index in [1.807, 2.05) is 48.5 Å². The largest absolute Gasteiger partial charge is 0.336 e. The molecular formula is C20H15FN2O. The van der Waals surface area contributed by atoms with Crippen molar-refractivity contribution in [1.29, 1.82) is 5.26 Å². The van der Waals surface area contributed by atoms with Gasteiger partial charge in [-0.2, -0.15) is 5.26 Å². The van der Waals surface area contributed by atoms with E-state index in [4.69, 9.17) is 0 Å². The molecule has 0 heterocycles. The van der Waals surface area contributed by atoms with Gasteiger partial charge in [-0.3, -0.25) is 4.79 Å². The average molecular weight is 318 g/mol. The van der Waals surface area contributed by atoms with Crippen LogP contribution >= 0.6 is 0 Å². The maximum atomic E-state index is 13.0. The maximum absolute atomic E-state index is 13.0. The Kier molecular flexibility index (Phi) is 4.53. The van der Waals surface area contributed by atoms with Gasteiger partial charge in [-0.05, 0) is 34.0 Å². The number of carbonyl (C=O) groups is 1. The number of benzene rings is 3. The van der Waals surface area contributed by atoms with Crippen molar-refractivity contribution in [3.63, 3.8) is 0 Å². The van der Waals surface area contributed by atoms with E-state index in [0.717, 1.165) is 16.3 Å². The Morgan fingerprint density at radius 3 is 2.50 bits per heavy atom. The molecule has 0 bridgehead atoms. The predicted octanol–water partition coefficient (Wildman–Crippen LogP) is 3.90. The summed E-state index contributed by atoms with van der Waals surface area (Å²) in [6.07, 6.45) is 0.181. The van der Waals surface area contributed by atoms with E-state index in [9.17, 15) is 14.4 Å². The van der Waals surface area contributed by atoms with E-state index < -0.39 is 6.04 Å². The van der Waals surface area contributed by atoms with Gasteiger partial charge < -0.3 is 5.32 Å². The Bertz CT molecular complexity index is 908. The van der Waals surface area contributed by atoms with Crippen LogP contribution in [-0.2, 0) is 11.2 Å². The molecule has 0 spiro atoms. The van der Waals surface area contributed by atoms with Crippen LogP contribution in [0.15, 0.2) is 66.7 Å². The summed E-state index contributed by atoms with van der Waals surface area (Å²) in [7, 11) is 0. The molecule has 1 N–H and O–H groups in total. The van der Waals surface area contributed by atoms with Crippen molar-refractivity contribution in [3.05, 3.63) is 83.7 Å². The highest BCUT2D eigenvalue weighted by Gasteiger charge is 2.15. The van der Waals surface area contributed by atoms with Crippen LogP contribution in [0, 0.1) is 17.1 Å². The summed E-state index contributed by atoms with van der Waals surface area (Å²) in [4.78, 5) is 12.3. The molecule has 0 saturated carbocycles. The molecule has 0 aromatic heterocycles. The first kappa shape index (κ1) is 15.7. The molecule has 3 aromatic carbocycles. The number of nitrogens with zero attached hydrogens (tertiary/aromatic N) is 1. The van der Waals surface area contributed by atoms with E-state index in [1.165, 1.54) is 24.3 Å². The lowest BCUT2D eigenvalue weighted by Gasteiger charge is -2.13. The number of hydrogen-bond acceptors (Lipinski definition) is 2. The normalized spacial score (nSPS) is 11.7. The predicted molar refractivity (Wildman–Crippen MR) is 90.5 cm³/mol. The second-order valence-corrected chi connectivity index (χ2v) is 5.50. The zero-order valence-corrected chi connectivity index (χ0v) is 12.9. The number of halogens is 1. The van der Waals surface area contributed by atoms with Crippen molar-refractivity contribution in [2.45, 2.75) is 12.5 Å². The SMILES string of the molecule is N#C[C@@H](NC(=O)Cc1cccc2ccccc12)c1ccc(F)cc1. The Balaban J connectivity index is 1.77. The fourth-order valence-electron chi connectivity index (χ4n) is 2.68. The molecule has 0 fully saturated rings. The van der Waals surface area contributed by atoms with Gasteiger partial charge in [0.05, 0.1) is 12.5 Å². The number of rotatable bonds is 4. The topological polar surface area (TPSA) is 52.9 Å². The monoisotopic (exact) mass is 318 g/mol. The average Bonchev–Trinajstić information content (AvgIpc) is 2.61. The standard InChI is InChI=1S/C20H15FN2O/c21-17-10-8-15(9-11-17)19(13-22)23-20(24)12-16-6-3-5-14-4-1-2-7-18(14)16/h1-11,19H,12H2,(H,23,24)/t19-/m1/s1. The number of fused-ring (bicyclic) bond motifs is 1. The van der Waals surface area contributed by atoms with Gasteiger partial charge >= 0.3 is 0 Å². The highest BCUT2D eigenvalue weighted by atomic mass is 19.1. The van der Waals surface area contributed by atoms with E-state index in [2.05, 4.69) is 5.32 Å². The molecule has 0 aliphatic rings. The minimum Gasteiger partial charge on any atom is -0.336 e. The minimum absolute atomic E-state index is 0.181. The number of hydrogen-bond donors (Lipinski definition) is 1. The van der Waals surface area contributed by atoms with E-state index >= 15 is 0 Å². The molecular weight excluding hydrogens is 303 g/mol. The lowest BCUT2D eigenvalue weighted by molar-refractivity contribution is -0.120. The molecule has 3 aromatic rings. The van der Waals surface area contributed by atoms with Crippen LogP contribution in [0.5, 0.6) is 0 Å². The van der Waals surface area contributed by atoms with Gasteiger partial charge in [0, 0.05) is 0 Å². The van der Waals surface area contributed by atoms with Crippen LogP contribution in [0.3, 0.4) is 0 Å². The number of amides is 1. The van der Waals surface area contributed by atoms with E-state index in [-0.39, 0.29) is 18.1 Å². The van der Waals surface area contributed by atoms with Crippen LogP contribution in [0.4, 0.5) is 4.39 Å². The van der Waals surface area contributed by atoms with E-state index in [0.29, 0.717) is 5.56 Å². The third kappa shape index (κ3) is 3.41. The van der Waals surface area contributed by atoms with E-state index in [1.54, 1.807) is 0 Å². The van der Waals surface area contributed by atoms with Crippen LogP contribution in [0.1, 0.15) is 17.2 Å². The quantitative estimate of drug-likeness (QED) is 0.793. The second kappa shape index (κ2) is 6.93. The van der Waals surface area contributed by atoms with Crippen LogP contribution < -0.4 is 5.32 Å². The molecule has 3 rings (SSSR count). The number of nitrogens with one attached hydrogen (secondary N) is 1. The molecule has 24 heavy (non-hydrogen) atoms. The van der Waals surface area contributed by atoms with Crippen molar-refractivity contribution < 1.29 is 9.18 Å². The molecule has 1 amide bonds. The van der Waals surface area contributed by atoms with Crippen molar-refractivity contribution in [2.24, 2.45) is 0 Å². The Morgan fingerprint density at radius 1 is 1.04 bits per heavy atom. The summed E-state index contributed by atoms with van der Waals surface area (Å²) in [5, 5.41) is 14.1. The lowest BCUT2D eigenvalue weighted by atomic mass is 10.0. The van der Waals surface area contributed by atoms with Gasteiger partial charge in [0.25, 0.3) is 0 Å². The Morgan fingerprint density at radius 2 is 1.75 bits per heavy atom. The smallest absolute Gasteiger partial charge is 0.225 e. The van der Waals surface area contributed by atoms with Gasteiger partial charge in [-0.1, -0.05) is 54.6 Å². The summed E-state index contributed by atoms with van der Waals surface area (Å²) < 4.78 is 13.0. The van der Waals surface area contributed by atoms with Crippen molar-refractivity contribution in [1.82, 2.24) is 5.32 Å². The summed E-state index contributed by atoms with van der Waals surface area (Å²) in [6.45, 7) is 0. The third-order valence-electron chi connectivity index (χ3n) is 3.87. The zero-order valence-electron chi connectivity index (χ0n) is 12.9. The highest BCUT2D eigenvalue weighted by molar-refractivity contribution is 5.90. The fourth-order valence-corrected chi connectivity index (χ4v) is 2.68. The van der Waals surface area contributed by atoms with Gasteiger partial charge in [0.15, 0.2) is 0 Å². The lowest BCUT2D eigenvalue weighted by Crippen LogP contribution is -2.29. The molecule has 3 nitrogen and oxygen atoms in total. The fraction of sp³-hybridized carbons (Fsp3) is 0.100. The van der Waals surface area contributed by atoms with Crippen LogP contribution in [-0.4, -0.2) is 5.91 Å². The molecule has 118 valence electrons. The van der Waals surface area contributed by atoms with Gasteiger partial charge in [0.2, 0.25) is 5.91 Å². The summed E-state index contributed by atoms with van der Waals surface area (Å²) in [5.41, 5.74) is 1.46. The highest BCUT2D eigenvalue weighted by Crippen LogP contribution is 2.19. The van der Waals surface area contributed by atoms with Crippen LogP contribution in [0.25, 0.3) is 10.8 Å². The first-order chi connectivity index (χ1) is 11.7. The Labute approximate surface area is 139 Å². The molecule has 0 aliphatic carbocycles. The summed E-state index contributed by atoms with van der Waals surface area (Å²) >= 11 is 0. The molecule has 0 aliphatic heterocycles.